The van der Waals surface area contributed by atoms with Crippen LogP contribution in [0.1, 0.15) is 0 Å². The van der Waals surface area contributed by atoms with Crippen LogP contribution in [0.5, 0.6) is 0 Å². The molecular weight excluding hydrogens is 1220 g/mol. The van der Waals surface area contributed by atoms with Gasteiger partial charge in [-0.25, -0.2) is 0 Å². The SMILES string of the molecule is OC[C@@H]1OC(O[C@H]2[C@H]3O[C@H]4[C@H](O)[C@@H](O)[C@@H](O[C@H]5[C@H](O)[C@@H](O)[C@@H](O[C@H]6[C@H](O)[C@@H](O)[C@@H](O[C@H]7[C@H](O)[C@@H](O)[C@@H](O[C@H]8[C@H](O)[C@@H](O)[C@@H](O[C@H]9[C@H](O)[C@@H](O)[C@@H](O[C@@H]([C@@H]2O)[C@@H](CO)O3)O[C@@H]9CO)O[C@@H]8CO)O[C@@H]7CO)O[C@@H]6CO)O[C@@H]5CO)O[C@@H]4CO)[C@@H](O)[C@H](O)[C@H]1O. The lowest BCUT2D eigenvalue weighted by atomic mass is 9.94. The van der Waals surface area contributed by atoms with E-state index in [2.05, 4.69) is 0 Å². The minimum atomic E-state index is -2.35. The quantitative estimate of drug-likeness (QED) is 0.0966. The lowest BCUT2D eigenvalue weighted by Crippen LogP contribution is -2.69. The van der Waals surface area contributed by atoms with Gasteiger partial charge in [0, 0.05) is 0 Å². The fourth-order valence-corrected chi connectivity index (χ4v) is 11.9. The molecule has 1 unspecified atom stereocenters. The fourth-order valence-electron chi connectivity index (χ4n) is 11.9. The van der Waals surface area contributed by atoms with E-state index in [1.54, 1.807) is 0 Å². The average Bonchev–Trinajstić information content (AvgIpc) is 2.55. The second-order valence-electron chi connectivity index (χ2n) is 22.5. The second kappa shape index (κ2) is 30.0. The minimum absolute atomic E-state index is 1.00. The maximum atomic E-state index is 12.2. The van der Waals surface area contributed by atoms with Crippen LogP contribution in [-0.2, 0) is 75.8 Å². The van der Waals surface area contributed by atoms with Gasteiger partial charge in [0.15, 0.2) is 50.3 Å². The molecule has 40 atom stereocenters. The Kier molecular flexibility index (Phi) is 24.1. The number of aliphatic hydroxyl groups excluding tert-OH is 24. The number of hydrogen-bond donors (Lipinski definition) is 24. The number of rotatable bonds is 10. The van der Waals surface area contributed by atoms with E-state index >= 15 is 0 Å². The van der Waals surface area contributed by atoms with Gasteiger partial charge in [-0.05, 0) is 0 Å². The second-order valence-corrected chi connectivity index (χ2v) is 22.5. The van der Waals surface area contributed by atoms with Gasteiger partial charge in [-0.2, -0.15) is 0 Å². The summed E-state index contributed by atoms with van der Waals surface area (Å²) in [5.74, 6) is 0. The highest BCUT2D eigenvalue weighted by atomic mass is 16.8. The highest BCUT2D eigenvalue weighted by molar-refractivity contribution is 5.03. The summed E-state index contributed by atoms with van der Waals surface area (Å²) in [5, 5.41) is 265. The van der Waals surface area contributed by atoms with Gasteiger partial charge in [-0.1, -0.05) is 0 Å². The molecule has 16 rings (SSSR count). The molecule has 0 aliphatic carbocycles. The van der Waals surface area contributed by atoms with Crippen molar-refractivity contribution in [3.63, 3.8) is 0 Å². The van der Waals surface area contributed by atoms with E-state index in [1.807, 2.05) is 0 Å². The van der Waals surface area contributed by atoms with Crippen LogP contribution < -0.4 is 0 Å². The van der Waals surface area contributed by atoms with E-state index in [0.717, 1.165) is 0 Å². The van der Waals surface area contributed by atoms with E-state index in [9.17, 15) is 123 Å². The van der Waals surface area contributed by atoms with E-state index in [-0.39, 0.29) is 0 Å². The predicted molar refractivity (Wildman–Crippen MR) is 261 cm³/mol. The van der Waals surface area contributed by atoms with Crippen LogP contribution in [0.2, 0.25) is 0 Å². The standard InChI is InChI=1S/C48H80O40/c49-1-9-17(57)18(58)25(65)41(73-9)88-40-32(72)39-16(8-56)80-48(40)87-38-15(7-55)79-46(31(71)24(38)64)85-36-13(5-53)77-44(29(69)22(36)62)83-34-11(3-51)75-42(27(67)20(34)60)81-33-10(2-50)74-43(26(66)19(33)59)82-35-12(4-52)76-45(28(68)21(35)61)84-37-14(6-54)78-47(86-39)30(70)23(37)63/h9-72H,1-8H2/t9-,10+,11+,12+,13+,14+,15+,16+,17-,18+,19+,20+,21+,22+,23+,24+,25-,26+,27+,28+,29+,30+,31+,32-,33+,34+,35+,36+,37+,38+,39+,40+,41?,42+,43+,44+,45+,46+,47+,48+/m0/s1. The first-order valence-electron chi connectivity index (χ1n) is 28.1. The molecule has 16 heterocycles. The average molecular weight is 1300 g/mol. The molecule has 16 aliphatic heterocycles. The molecule has 0 aromatic heterocycles. The fraction of sp³-hybridized carbons (Fsp3) is 1.00. The molecule has 16 fully saturated rings. The number of ether oxygens (including phenoxy) is 16. The third-order valence-corrected chi connectivity index (χ3v) is 16.9. The lowest BCUT2D eigenvalue weighted by molar-refractivity contribution is -0.410. The minimum Gasteiger partial charge on any atom is -0.394 e. The van der Waals surface area contributed by atoms with E-state index in [4.69, 9.17) is 75.8 Å². The van der Waals surface area contributed by atoms with Crippen LogP contribution in [-0.4, -0.2) is 421 Å². The third-order valence-electron chi connectivity index (χ3n) is 16.9. The molecule has 88 heavy (non-hydrogen) atoms. The van der Waals surface area contributed by atoms with Crippen molar-refractivity contribution in [2.75, 3.05) is 52.9 Å². The third kappa shape index (κ3) is 13.8. The van der Waals surface area contributed by atoms with Gasteiger partial charge in [-0.3, -0.25) is 0 Å². The van der Waals surface area contributed by atoms with Gasteiger partial charge >= 0.3 is 0 Å². The largest absolute Gasteiger partial charge is 0.394 e. The van der Waals surface area contributed by atoms with Crippen LogP contribution in [0.15, 0.2) is 0 Å². The molecule has 16 aliphatic rings. The lowest BCUT2D eigenvalue weighted by Gasteiger charge is -2.51. The molecule has 512 valence electrons. The summed E-state index contributed by atoms with van der Waals surface area (Å²) < 4.78 is 92.2. The molecule has 0 aromatic carbocycles. The summed E-state index contributed by atoms with van der Waals surface area (Å²) in [4.78, 5) is 0. The monoisotopic (exact) mass is 1300 g/mol. The molecule has 16 saturated heterocycles. The topological polar surface area (TPSA) is 633 Å². The van der Waals surface area contributed by atoms with E-state index in [0.29, 0.717) is 0 Å². The van der Waals surface area contributed by atoms with Crippen molar-refractivity contribution in [2.24, 2.45) is 0 Å². The summed E-state index contributed by atoms with van der Waals surface area (Å²) in [6, 6.07) is 0. The van der Waals surface area contributed by atoms with E-state index in [1.165, 1.54) is 0 Å². The summed E-state index contributed by atoms with van der Waals surface area (Å²) in [7, 11) is 0. The first kappa shape index (κ1) is 70.7. The van der Waals surface area contributed by atoms with Crippen LogP contribution in [0.4, 0.5) is 0 Å². The highest BCUT2D eigenvalue weighted by Gasteiger charge is 2.61. The van der Waals surface area contributed by atoms with Gasteiger partial charge in [0.25, 0.3) is 0 Å². The Morgan fingerprint density at radius 2 is 0.386 bits per heavy atom. The molecule has 40 nitrogen and oxygen atoms in total. The van der Waals surface area contributed by atoms with Crippen LogP contribution in [0.25, 0.3) is 0 Å². The Bertz CT molecular complexity index is 2140. The summed E-state index contributed by atoms with van der Waals surface area (Å²) in [6.07, 6.45) is -83.5. The Morgan fingerprint density at radius 3 is 0.614 bits per heavy atom. The van der Waals surface area contributed by atoms with Crippen molar-refractivity contribution >= 4 is 0 Å². The number of hydrogen-bond acceptors (Lipinski definition) is 40. The zero-order valence-electron chi connectivity index (χ0n) is 46.0. The van der Waals surface area contributed by atoms with E-state index < -0.39 is 299 Å². The molecule has 0 spiro atoms. The van der Waals surface area contributed by atoms with Crippen molar-refractivity contribution in [1.82, 2.24) is 0 Å². The molecule has 0 radical (unpaired) electrons. The molecular formula is C48H80O40. The van der Waals surface area contributed by atoms with Gasteiger partial charge in [-0.15, -0.1) is 0 Å². The van der Waals surface area contributed by atoms with Gasteiger partial charge in [0.2, 0.25) is 0 Å². The van der Waals surface area contributed by atoms with Crippen LogP contribution in [0, 0.1) is 0 Å². The normalized spacial score (nSPS) is 55.2. The predicted octanol–water partition coefficient (Wildman–Crippen LogP) is -17.4. The molecule has 24 N–H and O–H groups in total. The van der Waals surface area contributed by atoms with Crippen LogP contribution >= 0.6 is 0 Å². The Labute approximate surface area is 496 Å². The number of aliphatic hydroxyl groups is 24. The highest BCUT2D eigenvalue weighted by Crippen LogP contribution is 2.40. The van der Waals surface area contributed by atoms with Gasteiger partial charge in [0.1, 0.15) is 195 Å². The molecule has 0 aromatic rings. The summed E-state index contributed by atoms with van der Waals surface area (Å²) in [5.41, 5.74) is 0. The summed E-state index contributed by atoms with van der Waals surface area (Å²) in [6.45, 7) is -8.81. The van der Waals surface area contributed by atoms with Gasteiger partial charge < -0.3 is 198 Å². The number of fused-ring (bicyclic) bond motifs is 7. The van der Waals surface area contributed by atoms with Crippen molar-refractivity contribution in [3.05, 3.63) is 0 Å². The molecule has 40 heteroatoms. The van der Waals surface area contributed by atoms with Crippen molar-refractivity contribution in [3.8, 4) is 0 Å². The van der Waals surface area contributed by atoms with Crippen molar-refractivity contribution in [2.45, 2.75) is 246 Å². The zero-order valence-corrected chi connectivity index (χ0v) is 46.0. The van der Waals surface area contributed by atoms with Crippen molar-refractivity contribution in [1.29, 1.82) is 0 Å². The Hall–Kier alpha value is -1.60. The maximum absolute atomic E-state index is 12.2. The van der Waals surface area contributed by atoms with Crippen molar-refractivity contribution < 1.29 is 198 Å². The Morgan fingerprint density at radius 1 is 0.182 bits per heavy atom. The first-order chi connectivity index (χ1) is 41.9. The molecule has 14 bridgehead atoms. The first-order valence-corrected chi connectivity index (χ1v) is 28.1. The Balaban J connectivity index is 1.04. The zero-order chi connectivity index (χ0) is 64.1. The van der Waals surface area contributed by atoms with Gasteiger partial charge in [0.05, 0.1) is 52.9 Å². The molecule has 0 saturated carbocycles. The summed E-state index contributed by atoms with van der Waals surface area (Å²) >= 11 is 0. The smallest absolute Gasteiger partial charge is 0.187 e. The van der Waals surface area contributed by atoms with Crippen LogP contribution in [0.3, 0.4) is 0 Å². The molecule has 0 amide bonds. The maximum Gasteiger partial charge on any atom is 0.187 e.